The van der Waals surface area contributed by atoms with Crippen molar-refractivity contribution >= 4 is 8.32 Å². The average molecular weight is 245 g/mol. The highest BCUT2D eigenvalue weighted by Crippen LogP contribution is 2.39. The van der Waals surface area contributed by atoms with Crippen LogP contribution in [0.25, 0.3) is 0 Å². The van der Waals surface area contributed by atoms with Gasteiger partial charge in [0.15, 0.2) is 8.32 Å². The third-order valence-electron chi connectivity index (χ3n) is 4.22. The van der Waals surface area contributed by atoms with Gasteiger partial charge in [0.2, 0.25) is 0 Å². The summed E-state index contributed by atoms with van der Waals surface area (Å²) in [6, 6.07) is 0. The molecule has 1 aliphatic rings. The molecule has 0 saturated carbocycles. The fraction of sp³-hybridized carbons (Fsp3) is 1.00. The van der Waals surface area contributed by atoms with Gasteiger partial charge in [-0.15, -0.1) is 0 Å². The van der Waals surface area contributed by atoms with Gasteiger partial charge in [0.05, 0.1) is 18.2 Å². The molecule has 2 N–H and O–H groups in total. The minimum absolute atomic E-state index is 0.145. The Hall–Kier alpha value is 0.0969. The molecular weight excluding hydrogens is 218 g/mol. The van der Waals surface area contributed by atoms with Crippen molar-refractivity contribution < 1.29 is 9.53 Å². The average Bonchev–Trinajstić information content (AvgIpc) is 2.46. The monoisotopic (exact) mass is 245 g/mol. The Labute approximate surface area is 101 Å². The van der Waals surface area contributed by atoms with Crippen LogP contribution in [0.15, 0.2) is 0 Å². The van der Waals surface area contributed by atoms with E-state index in [0.717, 1.165) is 13.0 Å². The summed E-state index contributed by atoms with van der Waals surface area (Å²) in [5, 5.41) is 13.1. The number of aliphatic hydroxyl groups excluding tert-OH is 1. The van der Waals surface area contributed by atoms with Crippen LogP contribution in [0, 0.1) is 0 Å². The fourth-order valence-corrected chi connectivity index (χ4v) is 3.24. The van der Waals surface area contributed by atoms with Crippen molar-refractivity contribution in [1.82, 2.24) is 5.32 Å². The van der Waals surface area contributed by atoms with E-state index in [1.54, 1.807) is 0 Å². The number of hydrogen-bond donors (Lipinski definition) is 2. The molecule has 0 unspecified atom stereocenters. The van der Waals surface area contributed by atoms with Crippen molar-refractivity contribution in [2.24, 2.45) is 0 Å². The largest absolute Gasteiger partial charge is 0.412 e. The van der Waals surface area contributed by atoms with Crippen molar-refractivity contribution in [2.75, 3.05) is 13.2 Å². The zero-order chi connectivity index (χ0) is 12.6. The summed E-state index contributed by atoms with van der Waals surface area (Å²) in [7, 11) is -1.73. The predicted octanol–water partition coefficient (Wildman–Crippen LogP) is 2.12. The van der Waals surface area contributed by atoms with E-state index in [4.69, 9.17) is 4.43 Å². The Kier molecular flexibility index (Phi) is 3.90. The van der Waals surface area contributed by atoms with Gasteiger partial charge in [-0.3, -0.25) is 0 Å². The van der Waals surface area contributed by atoms with Crippen LogP contribution in [0.4, 0.5) is 0 Å². The lowest BCUT2D eigenvalue weighted by Gasteiger charge is -2.42. The molecule has 16 heavy (non-hydrogen) atoms. The van der Waals surface area contributed by atoms with Gasteiger partial charge in [0, 0.05) is 0 Å². The van der Waals surface area contributed by atoms with Gasteiger partial charge in [-0.25, -0.2) is 0 Å². The Morgan fingerprint density at radius 3 is 2.44 bits per heavy atom. The lowest BCUT2D eigenvalue weighted by atomic mass is 9.99. The lowest BCUT2D eigenvalue weighted by molar-refractivity contribution is 0.0706. The molecule has 0 aromatic carbocycles. The van der Waals surface area contributed by atoms with Crippen LogP contribution in [0.5, 0.6) is 0 Å². The second-order valence-electron chi connectivity index (χ2n) is 6.66. The second-order valence-corrected chi connectivity index (χ2v) is 11.4. The SMILES string of the molecule is CC(C)(C)[Si](C)(C)O[C@H]1CCN[C@@]1(C)CO. The number of nitrogens with one attached hydrogen (secondary N) is 1. The molecular formula is C12H27NO2Si. The normalized spacial score (nSPS) is 32.1. The van der Waals surface area contributed by atoms with Crippen LogP contribution in [0.3, 0.4) is 0 Å². The molecule has 1 heterocycles. The van der Waals surface area contributed by atoms with Crippen molar-refractivity contribution in [3.63, 3.8) is 0 Å². The van der Waals surface area contributed by atoms with E-state index >= 15 is 0 Å². The number of hydrogen-bond acceptors (Lipinski definition) is 3. The Morgan fingerprint density at radius 1 is 1.44 bits per heavy atom. The minimum atomic E-state index is -1.73. The molecule has 0 spiro atoms. The highest BCUT2D eigenvalue weighted by Gasteiger charge is 2.46. The third kappa shape index (κ3) is 2.67. The van der Waals surface area contributed by atoms with Crippen LogP contribution in [0.1, 0.15) is 34.1 Å². The molecule has 1 rings (SSSR count). The zero-order valence-electron chi connectivity index (χ0n) is 11.6. The zero-order valence-corrected chi connectivity index (χ0v) is 12.6. The molecule has 2 atom stereocenters. The molecule has 0 aliphatic carbocycles. The summed E-state index contributed by atoms with van der Waals surface area (Å²) in [4.78, 5) is 0. The van der Waals surface area contributed by atoms with Gasteiger partial charge in [0.1, 0.15) is 0 Å². The van der Waals surface area contributed by atoms with E-state index in [2.05, 4.69) is 46.1 Å². The topological polar surface area (TPSA) is 41.5 Å². The molecule has 1 aliphatic heterocycles. The van der Waals surface area contributed by atoms with Gasteiger partial charge in [-0.05, 0) is 38.0 Å². The van der Waals surface area contributed by atoms with Crippen molar-refractivity contribution in [2.45, 2.75) is 63.9 Å². The first-order valence-corrected chi connectivity index (χ1v) is 9.07. The maximum absolute atomic E-state index is 9.47. The second kappa shape index (κ2) is 4.41. The maximum atomic E-state index is 9.47. The highest BCUT2D eigenvalue weighted by atomic mass is 28.4. The molecule has 0 aromatic heterocycles. The third-order valence-corrected chi connectivity index (χ3v) is 8.70. The smallest absolute Gasteiger partial charge is 0.192 e. The fourth-order valence-electron chi connectivity index (χ4n) is 1.80. The molecule has 0 radical (unpaired) electrons. The van der Waals surface area contributed by atoms with Crippen molar-refractivity contribution in [3.8, 4) is 0 Å². The van der Waals surface area contributed by atoms with Crippen molar-refractivity contribution in [1.29, 1.82) is 0 Å². The first-order valence-electron chi connectivity index (χ1n) is 6.16. The number of rotatable bonds is 3. The molecule has 4 heteroatoms. The van der Waals surface area contributed by atoms with Crippen molar-refractivity contribution in [3.05, 3.63) is 0 Å². The highest BCUT2D eigenvalue weighted by molar-refractivity contribution is 6.74. The molecule has 0 aromatic rings. The molecule has 1 fully saturated rings. The van der Waals surface area contributed by atoms with E-state index < -0.39 is 8.32 Å². The van der Waals surface area contributed by atoms with E-state index in [1.165, 1.54) is 0 Å². The Balaban J connectivity index is 2.74. The van der Waals surface area contributed by atoms with Crippen LogP contribution < -0.4 is 5.32 Å². The van der Waals surface area contributed by atoms with E-state index in [-0.39, 0.29) is 23.3 Å². The maximum Gasteiger partial charge on any atom is 0.192 e. The molecule has 0 amide bonds. The van der Waals surface area contributed by atoms with E-state index in [1.807, 2.05) is 0 Å². The van der Waals surface area contributed by atoms with E-state index in [0.29, 0.717) is 0 Å². The van der Waals surface area contributed by atoms with Gasteiger partial charge in [-0.1, -0.05) is 20.8 Å². The van der Waals surface area contributed by atoms with Gasteiger partial charge in [0.25, 0.3) is 0 Å². The predicted molar refractivity (Wildman–Crippen MR) is 70.2 cm³/mol. The Morgan fingerprint density at radius 2 is 2.00 bits per heavy atom. The number of aliphatic hydroxyl groups is 1. The standard InChI is InChI=1S/C12H27NO2Si/c1-11(2,3)16(5,6)15-10-7-8-13-12(10,4)9-14/h10,13-14H,7-9H2,1-6H3/t10-,12-/m0/s1. The first kappa shape index (κ1) is 14.2. The summed E-state index contributed by atoms with van der Waals surface area (Å²) < 4.78 is 6.39. The van der Waals surface area contributed by atoms with E-state index in [9.17, 15) is 5.11 Å². The van der Waals surface area contributed by atoms with Gasteiger partial charge < -0.3 is 14.8 Å². The summed E-state index contributed by atoms with van der Waals surface area (Å²) in [5.41, 5.74) is -0.254. The summed E-state index contributed by atoms with van der Waals surface area (Å²) in [5.74, 6) is 0. The first-order chi connectivity index (χ1) is 7.12. The molecule has 1 saturated heterocycles. The van der Waals surface area contributed by atoms with Crippen LogP contribution >= 0.6 is 0 Å². The van der Waals surface area contributed by atoms with Gasteiger partial charge >= 0.3 is 0 Å². The summed E-state index contributed by atoms with van der Waals surface area (Å²) in [6.07, 6.45) is 1.15. The van der Waals surface area contributed by atoms with Gasteiger partial charge in [-0.2, -0.15) is 0 Å². The summed E-state index contributed by atoms with van der Waals surface area (Å²) in [6.45, 7) is 14.4. The molecule has 96 valence electrons. The lowest BCUT2D eigenvalue weighted by Crippen LogP contribution is -2.54. The van der Waals surface area contributed by atoms with Crippen LogP contribution in [-0.4, -0.2) is 38.2 Å². The molecule has 0 bridgehead atoms. The summed E-state index contributed by atoms with van der Waals surface area (Å²) >= 11 is 0. The Bertz CT molecular complexity index is 250. The van der Waals surface area contributed by atoms with Crippen LogP contribution in [0.2, 0.25) is 18.1 Å². The molecule has 3 nitrogen and oxygen atoms in total. The minimum Gasteiger partial charge on any atom is -0.412 e. The quantitative estimate of drug-likeness (QED) is 0.748. The van der Waals surface area contributed by atoms with Crippen LogP contribution in [-0.2, 0) is 4.43 Å².